The van der Waals surface area contributed by atoms with Crippen molar-refractivity contribution in [2.24, 2.45) is 4.99 Å². The minimum atomic E-state index is 0. The normalized spacial score (nSPS) is 11.0. The lowest BCUT2D eigenvalue weighted by molar-refractivity contribution is 0.295. The Kier molecular flexibility index (Phi) is 11.5. The molecule has 0 aliphatic rings. The molecule has 0 bridgehead atoms. The van der Waals surface area contributed by atoms with Crippen molar-refractivity contribution < 1.29 is 9.47 Å². The molecule has 0 fully saturated rings. The van der Waals surface area contributed by atoms with Crippen LogP contribution in [-0.2, 0) is 13.1 Å². The number of anilines is 1. The Morgan fingerprint density at radius 3 is 2.21 bits per heavy atom. The Hall–Kier alpha value is -2.00. The summed E-state index contributed by atoms with van der Waals surface area (Å²) in [5.41, 5.74) is 3.48. The Bertz CT molecular complexity index is 779. The Labute approximate surface area is 191 Å². The molecule has 6 nitrogen and oxygen atoms in total. The number of methoxy groups -OCH3 is 2. The van der Waals surface area contributed by atoms with Crippen LogP contribution in [-0.4, -0.2) is 45.2 Å². The summed E-state index contributed by atoms with van der Waals surface area (Å²) in [5, 5.41) is 6.70. The standard InChI is InChI=1S/C22H32N4O2.HI/c1-6-26(7-2)16-18-11-9-8-10-17(18)15-24-22(23-3)25-19-12-13-20(27-4)21(14-19)28-5;/h8-14H,6-7,15-16H2,1-5H3,(H2,23,24,25);1H. The van der Waals surface area contributed by atoms with Crippen LogP contribution in [0.15, 0.2) is 47.5 Å². The zero-order valence-corrected chi connectivity index (χ0v) is 20.3. The number of halogens is 1. The third-order valence-corrected chi connectivity index (χ3v) is 4.72. The first-order valence-corrected chi connectivity index (χ1v) is 9.63. The number of nitrogens with one attached hydrogen (secondary N) is 2. The maximum Gasteiger partial charge on any atom is 0.195 e. The highest BCUT2D eigenvalue weighted by Gasteiger charge is 2.09. The number of hydrogen-bond acceptors (Lipinski definition) is 4. The molecule has 0 aliphatic heterocycles. The van der Waals surface area contributed by atoms with Crippen LogP contribution in [0.2, 0.25) is 0 Å². The van der Waals surface area contributed by atoms with Crippen LogP contribution >= 0.6 is 24.0 Å². The number of ether oxygens (including phenoxy) is 2. The summed E-state index contributed by atoms with van der Waals surface area (Å²) in [6.45, 7) is 8.12. The van der Waals surface area contributed by atoms with Crippen LogP contribution in [0.5, 0.6) is 11.5 Å². The molecule has 160 valence electrons. The molecule has 0 aromatic heterocycles. The number of guanidine groups is 1. The third kappa shape index (κ3) is 7.40. The predicted octanol–water partition coefficient (Wildman–Crippen LogP) is 4.35. The molecule has 0 saturated heterocycles. The molecular formula is C22H33IN4O2. The van der Waals surface area contributed by atoms with Gasteiger partial charge in [0.1, 0.15) is 0 Å². The van der Waals surface area contributed by atoms with E-state index < -0.39 is 0 Å². The number of rotatable bonds is 9. The van der Waals surface area contributed by atoms with Gasteiger partial charge >= 0.3 is 0 Å². The van der Waals surface area contributed by atoms with Gasteiger partial charge in [-0.15, -0.1) is 24.0 Å². The maximum atomic E-state index is 5.37. The fourth-order valence-electron chi connectivity index (χ4n) is 2.98. The van der Waals surface area contributed by atoms with Gasteiger partial charge in [-0.2, -0.15) is 0 Å². The molecule has 29 heavy (non-hydrogen) atoms. The lowest BCUT2D eigenvalue weighted by Crippen LogP contribution is -2.31. The molecule has 0 radical (unpaired) electrons. The molecule has 2 aromatic carbocycles. The molecule has 2 N–H and O–H groups in total. The van der Waals surface area contributed by atoms with Crippen molar-refractivity contribution in [2.75, 3.05) is 39.7 Å². The van der Waals surface area contributed by atoms with E-state index in [1.807, 2.05) is 18.2 Å². The SMILES string of the molecule is CCN(CC)Cc1ccccc1CNC(=NC)Nc1ccc(OC)c(OC)c1.I. The van der Waals surface area contributed by atoms with E-state index in [1.54, 1.807) is 21.3 Å². The number of nitrogens with zero attached hydrogens (tertiary/aromatic N) is 2. The van der Waals surface area contributed by atoms with Gasteiger partial charge in [-0.1, -0.05) is 38.1 Å². The first kappa shape index (κ1) is 25.0. The molecule has 0 saturated carbocycles. The van der Waals surface area contributed by atoms with Crippen LogP contribution in [0.25, 0.3) is 0 Å². The van der Waals surface area contributed by atoms with Gasteiger partial charge < -0.3 is 20.1 Å². The highest BCUT2D eigenvalue weighted by molar-refractivity contribution is 14.0. The van der Waals surface area contributed by atoms with E-state index in [0.717, 1.165) is 25.3 Å². The molecule has 0 heterocycles. The van der Waals surface area contributed by atoms with E-state index in [2.05, 4.69) is 58.6 Å². The van der Waals surface area contributed by atoms with Crippen molar-refractivity contribution in [2.45, 2.75) is 26.9 Å². The smallest absolute Gasteiger partial charge is 0.195 e. The molecule has 0 aliphatic carbocycles. The van der Waals surface area contributed by atoms with E-state index in [-0.39, 0.29) is 24.0 Å². The third-order valence-electron chi connectivity index (χ3n) is 4.72. The minimum Gasteiger partial charge on any atom is -0.493 e. The van der Waals surface area contributed by atoms with Gasteiger partial charge in [0.2, 0.25) is 0 Å². The van der Waals surface area contributed by atoms with E-state index in [1.165, 1.54) is 11.1 Å². The van der Waals surface area contributed by atoms with E-state index in [4.69, 9.17) is 9.47 Å². The molecule has 0 unspecified atom stereocenters. The van der Waals surface area contributed by atoms with Crippen LogP contribution in [0.3, 0.4) is 0 Å². The molecular weight excluding hydrogens is 479 g/mol. The number of hydrogen-bond donors (Lipinski definition) is 2. The Morgan fingerprint density at radius 1 is 0.966 bits per heavy atom. The van der Waals surface area contributed by atoms with Crippen LogP contribution in [0.1, 0.15) is 25.0 Å². The van der Waals surface area contributed by atoms with Gasteiger partial charge in [0.05, 0.1) is 14.2 Å². The average molecular weight is 512 g/mol. The quantitative estimate of drug-likeness (QED) is 0.297. The monoisotopic (exact) mass is 512 g/mol. The van der Waals surface area contributed by atoms with Gasteiger partial charge in [0.15, 0.2) is 17.5 Å². The first-order valence-electron chi connectivity index (χ1n) is 9.63. The fraction of sp³-hybridized carbons (Fsp3) is 0.409. The van der Waals surface area contributed by atoms with Gasteiger partial charge in [-0.25, -0.2) is 0 Å². The summed E-state index contributed by atoms with van der Waals surface area (Å²) in [6, 6.07) is 14.2. The average Bonchev–Trinajstić information content (AvgIpc) is 2.75. The number of aliphatic imine (C=N–C) groups is 1. The summed E-state index contributed by atoms with van der Waals surface area (Å²) in [7, 11) is 5.01. The van der Waals surface area contributed by atoms with Crippen molar-refractivity contribution in [3.8, 4) is 11.5 Å². The zero-order valence-electron chi connectivity index (χ0n) is 18.0. The van der Waals surface area contributed by atoms with Crippen LogP contribution in [0, 0.1) is 0 Å². The van der Waals surface area contributed by atoms with E-state index in [0.29, 0.717) is 24.0 Å². The van der Waals surface area contributed by atoms with E-state index >= 15 is 0 Å². The van der Waals surface area contributed by atoms with Gasteiger partial charge in [0, 0.05) is 31.9 Å². The topological polar surface area (TPSA) is 58.1 Å². The van der Waals surface area contributed by atoms with Crippen LogP contribution < -0.4 is 20.1 Å². The predicted molar refractivity (Wildman–Crippen MR) is 132 cm³/mol. The summed E-state index contributed by atoms with van der Waals surface area (Å²) in [5.74, 6) is 2.07. The summed E-state index contributed by atoms with van der Waals surface area (Å²) in [4.78, 5) is 6.74. The highest BCUT2D eigenvalue weighted by atomic mass is 127. The molecule has 0 atom stereocenters. The molecule has 2 aromatic rings. The van der Waals surface area contributed by atoms with Crippen molar-refractivity contribution in [1.82, 2.24) is 10.2 Å². The van der Waals surface area contributed by atoms with Gasteiger partial charge in [0.25, 0.3) is 0 Å². The lowest BCUT2D eigenvalue weighted by atomic mass is 10.1. The van der Waals surface area contributed by atoms with Crippen molar-refractivity contribution in [3.63, 3.8) is 0 Å². The summed E-state index contributed by atoms with van der Waals surface area (Å²) < 4.78 is 10.7. The second-order valence-electron chi connectivity index (χ2n) is 6.35. The van der Waals surface area contributed by atoms with Crippen molar-refractivity contribution in [3.05, 3.63) is 53.6 Å². The Morgan fingerprint density at radius 2 is 1.62 bits per heavy atom. The molecule has 0 spiro atoms. The number of benzene rings is 2. The summed E-state index contributed by atoms with van der Waals surface area (Å²) in [6.07, 6.45) is 0. The second kappa shape index (κ2) is 13.3. The fourth-order valence-corrected chi connectivity index (χ4v) is 2.98. The Balaban J connectivity index is 0.00000420. The second-order valence-corrected chi connectivity index (χ2v) is 6.35. The minimum absolute atomic E-state index is 0. The lowest BCUT2D eigenvalue weighted by Gasteiger charge is -2.21. The largest absolute Gasteiger partial charge is 0.493 e. The van der Waals surface area contributed by atoms with Crippen molar-refractivity contribution >= 4 is 35.6 Å². The zero-order chi connectivity index (χ0) is 20.4. The van der Waals surface area contributed by atoms with Crippen molar-refractivity contribution in [1.29, 1.82) is 0 Å². The van der Waals surface area contributed by atoms with E-state index in [9.17, 15) is 0 Å². The van der Waals surface area contributed by atoms with Gasteiger partial charge in [-0.05, 0) is 36.3 Å². The van der Waals surface area contributed by atoms with Crippen LogP contribution in [0.4, 0.5) is 5.69 Å². The molecule has 2 rings (SSSR count). The molecule has 0 amide bonds. The van der Waals surface area contributed by atoms with Gasteiger partial charge in [-0.3, -0.25) is 9.89 Å². The maximum absolute atomic E-state index is 5.37. The summed E-state index contributed by atoms with van der Waals surface area (Å²) >= 11 is 0. The highest BCUT2D eigenvalue weighted by Crippen LogP contribution is 2.29. The first-order chi connectivity index (χ1) is 13.6. The molecule has 7 heteroatoms.